The second-order valence-corrected chi connectivity index (χ2v) is 6.09. The number of hydrogen-bond donors (Lipinski definition) is 0. The van der Waals surface area contributed by atoms with Gasteiger partial charge in [0.25, 0.3) is 0 Å². The predicted octanol–water partition coefficient (Wildman–Crippen LogP) is 3.67. The van der Waals surface area contributed by atoms with E-state index in [2.05, 4.69) is 42.7 Å². The van der Waals surface area contributed by atoms with Gasteiger partial charge in [-0.05, 0) is 49.5 Å². The Bertz CT molecular complexity index is 671. The molecule has 1 aromatic rings. The van der Waals surface area contributed by atoms with Crippen molar-refractivity contribution >= 4 is 5.71 Å². The molecule has 0 saturated carbocycles. The Kier molecular flexibility index (Phi) is 2.32. The molecule has 0 aromatic heterocycles. The first-order valence-electron chi connectivity index (χ1n) is 7.35. The van der Waals surface area contributed by atoms with Crippen molar-refractivity contribution < 1.29 is 4.58 Å². The van der Waals surface area contributed by atoms with Gasteiger partial charge in [0.1, 0.15) is 6.54 Å². The summed E-state index contributed by atoms with van der Waals surface area (Å²) in [5.74, 6) is 0. The molecule has 96 valence electrons. The summed E-state index contributed by atoms with van der Waals surface area (Å²) in [5, 5.41) is 0. The van der Waals surface area contributed by atoms with Gasteiger partial charge in [0, 0.05) is 17.6 Å². The molecule has 3 aliphatic rings. The number of benzene rings is 1. The van der Waals surface area contributed by atoms with Crippen LogP contribution in [0.25, 0.3) is 0 Å². The number of allylic oxidation sites excluding steroid dienone is 3. The van der Waals surface area contributed by atoms with Gasteiger partial charge in [-0.1, -0.05) is 18.2 Å². The van der Waals surface area contributed by atoms with Gasteiger partial charge < -0.3 is 0 Å². The molecule has 0 fully saturated rings. The van der Waals surface area contributed by atoms with Crippen LogP contribution in [0.5, 0.6) is 0 Å². The van der Waals surface area contributed by atoms with Crippen LogP contribution >= 0.6 is 0 Å². The molecule has 1 nitrogen and oxygen atoms in total. The molecular formula is C18H20N+. The first-order chi connectivity index (χ1) is 9.24. The first-order valence-corrected chi connectivity index (χ1v) is 7.35. The summed E-state index contributed by atoms with van der Waals surface area (Å²) in [5.41, 5.74) is 10.6. The maximum Gasteiger partial charge on any atom is 0.215 e. The molecule has 0 N–H and O–H groups in total. The lowest BCUT2D eigenvalue weighted by Crippen LogP contribution is -2.25. The molecule has 19 heavy (non-hydrogen) atoms. The van der Waals surface area contributed by atoms with Crippen molar-refractivity contribution in [3.63, 3.8) is 0 Å². The fourth-order valence-corrected chi connectivity index (χ4v) is 3.85. The van der Waals surface area contributed by atoms with E-state index in [1.165, 1.54) is 53.8 Å². The van der Waals surface area contributed by atoms with Gasteiger partial charge >= 0.3 is 0 Å². The van der Waals surface area contributed by atoms with Crippen molar-refractivity contribution in [3.8, 4) is 0 Å². The SMILES string of the molecule is Cc1cc(C)c2c(c1)C1=[N+](CCC3=C1C=CCC3)C2. The number of fused-ring (bicyclic) bond motifs is 3. The molecule has 0 radical (unpaired) electrons. The van der Waals surface area contributed by atoms with Crippen molar-refractivity contribution in [3.05, 3.63) is 57.7 Å². The zero-order valence-electron chi connectivity index (χ0n) is 11.8. The molecule has 2 heterocycles. The zero-order valence-corrected chi connectivity index (χ0v) is 11.8. The summed E-state index contributed by atoms with van der Waals surface area (Å²) in [7, 11) is 0. The highest BCUT2D eigenvalue weighted by Crippen LogP contribution is 2.34. The van der Waals surface area contributed by atoms with E-state index in [0.717, 1.165) is 6.54 Å². The van der Waals surface area contributed by atoms with E-state index < -0.39 is 0 Å². The van der Waals surface area contributed by atoms with Gasteiger partial charge in [0.15, 0.2) is 6.54 Å². The quantitative estimate of drug-likeness (QED) is 0.618. The fraction of sp³-hybridized carbons (Fsp3) is 0.389. The van der Waals surface area contributed by atoms with Crippen LogP contribution in [0.4, 0.5) is 0 Å². The highest BCUT2D eigenvalue weighted by Gasteiger charge is 2.36. The second kappa shape index (κ2) is 3.93. The maximum absolute atomic E-state index is 2.59. The summed E-state index contributed by atoms with van der Waals surface area (Å²) in [4.78, 5) is 0. The third kappa shape index (κ3) is 1.57. The minimum absolute atomic E-state index is 1.11. The normalized spacial score (nSPS) is 20.5. The molecule has 0 atom stereocenters. The summed E-state index contributed by atoms with van der Waals surface area (Å²) >= 11 is 0. The Morgan fingerprint density at radius 1 is 1.11 bits per heavy atom. The summed E-state index contributed by atoms with van der Waals surface area (Å²) in [6, 6.07) is 4.71. The smallest absolute Gasteiger partial charge is 0.215 e. The van der Waals surface area contributed by atoms with Gasteiger partial charge in [0.2, 0.25) is 5.71 Å². The van der Waals surface area contributed by atoms with E-state index in [4.69, 9.17) is 0 Å². The summed E-state index contributed by atoms with van der Waals surface area (Å²) < 4.78 is 2.59. The monoisotopic (exact) mass is 250 g/mol. The van der Waals surface area contributed by atoms with Crippen molar-refractivity contribution in [2.45, 2.75) is 39.7 Å². The Labute approximate surface area is 115 Å². The van der Waals surface area contributed by atoms with Gasteiger partial charge in [-0.25, -0.2) is 4.58 Å². The topological polar surface area (TPSA) is 3.01 Å². The molecule has 0 bridgehead atoms. The maximum atomic E-state index is 2.59. The van der Waals surface area contributed by atoms with Crippen LogP contribution in [0.15, 0.2) is 35.4 Å². The number of aryl methyl sites for hydroxylation is 2. The Morgan fingerprint density at radius 3 is 2.89 bits per heavy atom. The van der Waals surface area contributed by atoms with Crippen LogP contribution in [-0.4, -0.2) is 16.8 Å². The van der Waals surface area contributed by atoms with Crippen LogP contribution in [0.1, 0.15) is 41.5 Å². The third-order valence-corrected chi connectivity index (χ3v) is 4.75. The molecule has 0 unspecified atom stereocenters. The average molecular weight is 250 g/mol. The number of nitrogens with zero attached hydrogens (tertiary/aromatic N) is 1. The van der Waals surface area contributed by atoms with Crippen molar-refractivity contribution in [2.75, 3.05) is 6.54 Å². The highest BCUT2D eigenvalue weighted by molar-refractivity contribution is 6.14. The Balaban J connectivity index is 1.94. The predicted molar refractivity (Wildman–Crippen MR) is 78.9 cm³/mol. The van der Waals surface area contributed by atoms with E-state index in [0.29, 0.717) is 0 Å². The number of hydrogen-bond acceptors (Lipinski definition) is 0. The van der Waals surface area contributed by atoms with Crippen molar-refractivity contribution in [2.24, 2.45) is 0 Å². The fourth-order valence-electron chi connectivity index (χ4n) is 3.85. The molecule has 1 aromatic carbocycles. The van der Waals surface area contributed by atoms with E-state index >= 15 is 0 Å². The highest BCUT2D eigenvalue weighted by atomic mass is 15.0. The average Bonchev–Trinajstić information content (AvgIpc) is 2.78. The van der Waals surface area contributed by atoms with E-state index in [1.807, 2.05) is 0 Å². The minimum atomic E-state index is 1.11. The van der Waals surface area contributed by atoms with Crippen molar-refractivity contribution in [1.82, 2.24) is 0 Å². The summed E-state index contributed by atoms with van der Waals surface area (Å²) in [6.07, 6.45) is 8.47. The molecule has 0 spiro atoms. The summed E-state index contributed by atoms with van der Waals surface area (Å²) in [6.45, 7) is 6.79. The van der Waals surface area contributed by atoms with E-state index in [1.54, 1.807) is 11.1 Å². The standard InChI is InChI=1S/C18H20N/c1-12-9-13(2)17-11-19-8-7-14-5-3-4-6-15(14)18(19)16(17)10-12/h4,6,9-10H,3,5,7-8,11H2,1-2H3/q+1. The second-order valence-electron chi connectivity index (χ2n) is 6.09. The molecule has 1 aliphatic carbocycles. The van der Waals surface area contributed by atoms with Gasteiger partial charge in [0.05, 0.1) is 5.56 Å². The third-order valence-electron chi connectivity index (χ3n) is 4.75. The lowest BCUT2D eigenvalue weighted by atomic mass is 9.86. The van der Waals surface area contributed by atoms with E-state index in [-0.39, 0.29) is 0 Å². The Morgan fingerprint density at radius 2 is 2.00 bits per heavy atom. The molecule has 0 saturated heterocycles. The lowest BCUT2D eigenvalue weighted by Gasteiger charge is -2.19. The van der Waals surface area contributed by atoms with Crippen molar-refractivity contribution in [1.29, 1.82) is 0 Å². The van der Waals surface area contributed by atoms with Crippen LogP contribution in [0.3, 0.4) is 0 Å². The minimum Gasteiger partial charge on any atom is -0.224 e. The van der Waals surface area contributed by atoms with Gasteiger partial charge in [-0.3, -0.25) is 0 Å². The van der Waals surface area contributed by atoms with Gasteiger partial charge in [-0.15, -0.1) is 0 Å². The first kappa shape index (κ1) is 11.2. The van der Waals surface area contributed by atoms with Gasteiger partial charge in [-0.2, -0.15) is 0 Å². The molecule has 1 heteroatoms. The largest absolute Gasteiger partial charge is 0.224 e. The molecular weight excluding hydrogens is 230 g/mol. The van der Waals surface area contributed by atoms with Crippen LogP contribution < -0.4 is 0 Å². The number of rotatable bonds is 0. The lowest BCUT2D eigenvalue weighted by molar-refractivity contribution is -0.539. The molecule has 4 rings (SSSR count). The Hall–Kier alpha value is -1.63. The molecule has 0 amide bonds. The van der Waals surface area contributed by atoms with E-state index in [9.17, 15) is 0 Å². The van der Waals surface area contributed by atoms with Crippen LogP contribution in [0, 0.1) is 13.8 Å². The van der Waals surface area contributed by atoms with Crippen LogP contribution in [0.2, 0.25) is 0 Å². The molecule has 2 aliphatic heterocycles. The van der Waals surface area contributed by atoms with Crippen LogP contribution in [-0.2, 0) is 6.54 Å². The zero-order chi connectivity index (χ0) is 13.0.